The first kappa shape index (κ1) is 26.0. The minimum Gasteiger partial charge on any atom is -0.494 e. The number of Topliss-reactive ketones (excluding diaryl/α,β-unsaturated/α-hetero) is 1. The number of aromatic nitrogens is 4. The number of amides is 2. The van der Waals surface area contributed by atoms with E-state index in [1.165, 1.54) is 24.4 Å². The molecule has 1 unspecified atom stereocenters. The van der Waals surface area contributed by atoms with E-state index in [-0.39, 0.29) is 30.6 Å². The Bertz CT molecular complexity index is 1740. The highest BCUT2D eigenvalue weighted by atomic mass is 16.5. The third kappa shape index (κ3) is 4.73. The second-order valence-electron chi connectivity index (χ2n) is 9.91. The molecule has 1 fully saturated rings. The highest BCUT2D eigenvalue weighted by molar-refractivity contribution is 6.45. The molecule has 0 bridgehead atoms. The number of carbonyl (C=O) groups excluding carboxylic acids is 3. The van der Waals surface area contributed by atoms with Gasteiger partial charge in [-0.3, -0.25) is 14.4 Å². The second-order valence-corrected chi connectivity index (χ2v) is 9.91. The van der Waals surface area contributed by atoms with Gasteiger partial charge in [-0.05, 0) is 25.1 Å². The SMILES string of the molecule is COc1cnc(-n2ccc(-c3ccccc3)n2)c2[nH]cc(C(=O)C(=O)N3CCN(C(=O)c4ccccc4)C(C)C3)c12. The van der Waals surface area contributed by atoms with Gasteiger partial charge in [0.15, 0.2) is 5.82 Å². The first-order valence-electron chi connectivity index (χ1n) is 13.3. The minimum absolute atomic E-state index is 0.0908. The summed E-state index contributed by atoms with van der Waals surface area (Å²) in [4.78, 5) is 50.9. The van der Waals surface area contributed by atoms with Gasteiger partial charge >= 0.3 is 0 Å². The zero-order valence-corrected chi connectivity index (χ0v) is 22.7. The second kappa shape index (κ2) is 10.7. The fourth-order valence-corrected chi connectivity index (χ4v) is 5.27. The van der Waals surface area contributed by atoms with Gasteiger partial charge in [-0.1, -0.05) is 48.5 Å². The number of benzene rings is 2. The highest BCUT2D eigenvalue weighted by Gasteiger charge is 2.34. The van der Waals surface area contributed by atoms with Crippen LogP contribution >= 0.6 is 0 Å². The molecule has 5 aromatic rings. The molecule has 1 aliphatic rings. The number of hydrogen-bond donors (Lipinski definition) is 1. The molecular weight excluding hydrogens is 520 g/mol. The molecule has 41 heavy (non-hydrogen) atoms. The number of carbonyl (C=O) groups is 3. The van der Waals surface area contributed by atoms with Crippen LogP contribution in [0, 0.1) is 0 Å². The Morgan fingerprint density at radius 1 is 0.976 bits per heavy atom. The van der Waals surface area contributed by atoms with Crippen molar-refractivity contribution >= 4 is 28.5 Å². The molecule has 3 aromatic heterocycles. The summed E-state index contributed by atoms with van der Waals surface area (Å²) in [6.45, 7) is 2.73. The number of hydrogen-bond acceptors (Lipinski definition) is 6. The lowest BCUT2D eigenvalue weighted by molar-refractivity contribution is -0.128. The number of aromatic amines is 1. The van der Waals surface area contributed by atoms with Gasteiger partial charge < -0.3 is 19.5 Å². The van der Waals surface area contributed by atoms with Crippen molar-refractivity contribution in [3.8, 4) is 22.8 Å². The first-order chi connectivity index (χ1) is 20.0. The molecular formula is C31H28N6O4. The quantitative estimate of drug-likeness (QED) is 0.254. The third-order valence-electron chi connectivity index (χ3n) is 7.39. The molecule has 1 saturated heterocycles. The van der Waals surface area contributed by atoms with Crippen LogP contribution in [0.4, 0.5) is 0 Å². The summed E-state index contributed by atoms with van der Waals surface area (Å²) in [7, 11) is 1.49. The van der Waals surface area contributed by atoms with Crippen molar-refractivity contribution in [3.05, 3.63) is 96.4 Å². The molecule has 0 aliphatic carbocycles. The molecule has 2 amide bonds. The maximum absolute atomic E-state index is 13.6. The van der Waals surface area contributed by atoms with E-state index in [0.717, 1.165) is 11.3 Å². The third-order valence-corrected chi connectivity index (χ3v) is 7.39. The van der Waals surface area contributed by atoms with Gasteiger partial charge in [-0.2, -0.15) is 5.10 Å². The van der Waals surface area contributed by atoms with Crippen molar-refractivity contribution in [2.24, 2.45) is 0 Å². The zero-order valence-electron chi connectivity index (χ0n) is 22.7. The average molecular weight is 549 g/mol. The van der Waals surface area contributed by atoms with Crippen LogP contribution in [0.2, 0.25) is 0 Å². The smallest absolute Gasteiger partial charge is 0.295 e. The van der Waals surface area contributed by atoms with E-state index in [0.29, 0.717) is 34.6 Å². The van der Waals surface area contributed by atoms with Gasteiger partial charge in [0.25, 0.3) is 17.6 Å². The number of rotatable bonds is 6. The molecule has 10 nitrogen and oxygen atoms in total. The van der Waals surface area contributed by atoms with Crippen molar-refractivity contribution in [1.82, 2.24) is 29.5 Å². The number of nitrogens with one attached hydrogen (secondary N) is 1. The Hall–Kier alpha value is -5.25. The van der Waals surface area contributed by atoms with Gasteiger partial charge in [-0.25, -0.2) is 9.67 Å². The first-order valence-corrected chi connectivity index (χ1v) is 13.3. The van der Waals surface area contributed by atoms with Gasteiger partial charge in [0.2, 0.25) is 0 Å². The van der Waals surface area contributed by atoms with E-state index >= 15 is 0 Å². The number of H-pyrrole nitrogens is 1. The predicted octanol–water partition coefficient (Wildman–Crippen LogP) is 3.98. The number of ketones is 1. The van der Waals surface area contributed by atoms with Crippen molar-refractivity contribution < 1.29 is 19.1 Å². The lowest BCUT2D eigenvalue weighted by atomic mass is 10.1. The van der Waals surface area contributed by atoms with Crippen LogP contribution < -0.4 is 4.74 Å². The molecule has 0 saturated carbocycles. The summed E-state index contributed by atoms with van der Waals surface area (Å²) in [5.41, 5.74) is 3.04. The van der Waals surface area contributed by atoms with E-state index < -0.39 is 11.7 Å². The Kier molecular flexibility index (Phi) is 6.80. The summed E-state index contributed by atoms with van der Waals surface area (Å²) in [5.74, 6) is -0.547. The summed E-state index contributed by atoms with van der Waals surface area (Å²) in [6.07, 6.45) is 4.83. The molecule has 1 atom stereocenters. The zero-order chi connectivity index (χ0) is 28.5. The topological polar surface area (TPSA) is 113 Å². The van der Waals surface area contributed by atoms with Crippen LogP contribution in [0.1, 0.15) is 27.6 Å². The Labute approximate surface area is 236 Å². The number of piperazine rings is 1. The maximum atomic E-state index is 13.6. The van der Waals surface area contributed by atoms with Crippen molar-refractivity contribution in [2.45, 2.75) is 13.0 Å². The van der Waals surface area contributed by atoms with Gasteiger partial charge in [0, 0.05) is 49.2 Å². The van der Waals surface area contributed by atoms with Gasteiger partial charge in [-0.15, -0.1) is 0 Å². The monoisotopic (exact) mass is 548 g/mol. The lowest BCUT2D eigenvalue weighted by Crippen LogP contribution is -2.56. The molecule has 6 rings (SSSR count). The number of methoxy groups -OCH3 is 1. The number of pyridine rings is 1. The van der Waals surface area contributed by atoms with Crippen LogP contribution in [-0.4, -0.2) is 79.9 Å². The fraction of sp³-hybridized carbons (Fsp3) is 0.194. The number of fused-ring (bicyclic) bond motifs is 1. The molecule has 1 aliphatic heterocycles. The van der Waals surface area contributed by atoms with E-state index in [4.69, 9.17) is 4.74 Å². The van der Waals surface area contributed by atoms with Crippen LogP contribution in [-0.2, 0) is 4.79 Å². The summed E-state index contributed by atoms with van der Waals surface area (Å²) in [6, 6.07) is 20.5. The minimum atomic E-state index is -0.660. The van der Waals surface area contributed by atoms with E-state index in [2.05, 4.69) is 15.1 Å². The normalized spacial score (nSPS) is 15.2. The molecule has 2 aromatic carbocycles. The average Bonchev–Trinajstić information content (AvgIpc) is 3.69. The van der Waals surface area contributed by atoms with E-state index in [1.54, 1.807) is 27.9 Å². The van der Waals surface area contributed by atoms with Crippen molar-refractivity contribution in [1.29, 1.82) is 0 Å². The van der Waals surface area contributed by atoms with Crippen LogP contribution in [0.15, 0.2) is 85.3 Å². The van der Waals surface area contributed by atoms with Gasteiger partial charge in [0.1, 0.15) is 5.75 Å². The molecule has 4 heterocycles. The largest absolute Gasteiger partial charge is 0.494 e. The molecule has 0 spiro atoms. The van der Waals surface area contributed by atoms with Crippen molar-refractivity contribution in [2.75, 3.05) is 26.7 Å². The fourth-order valence-electron chi connectivity index (χ4n) is 5.27. The number of nitrogens with zero attached hydrogens (tertiary/aromatic N) is 5. The Balaban J connectivity index is 1.26. The summed E-state index contributed by atoms with van der Waals surface area (Å²) < 4.78 is 7.16. The standard InChI is InChI=1S/C31H28N6O4/c1-20-19-35(15-16-36(20)30(39)22-11-7-4-8-12-22)31(40)28(38)23-17-32-27-26(23)25(41-2)18-33-29(27)37-14-13-24(34-37)21-9-5-3-6-10-21/h3-14,17-18,20,32H,15-16,19H2,1-2H3. The Morgan fingerprint density at radius 2 is 1.71 bits per heavy atom. The highest BCUT2D eigenvalue weighted by Crippen LogP contribution is 2.32. The van der Waals surface area contributed by atoms with Crippen LogP contribution in [0.25, 0.3) is 28.0 Å². The summed E-state index contributed by atoms with van der Waals surface area (Å²) >= 11 is 0. The van der Waals surface area contributed by atoms with Gasteiger partial charge in [0.05, 0.1) is 35.5 Å². The molecule has 206 valence electrons. The maximum Gasteiger partial charge on any atom is 0.295 e. The van der Waals surface area contributed by atoms with Crippen LogP contribution in [0.3, 0.4) is 0 Å². The summed E-state index contributed by atoms with van der Waals surface area (Å²) in [5, 5.41) is 5.13. The van der Waals surface area contributed by atoms with E-state index in [1.807, 2.05) is 61.5 Å². The van der Waals surface area contributed by atoms with Crippen molar-refractivity contribution in [3.63, 3.8) is 0 Å². The van der Waals surface area contributed by atoms with Crippen LogP contribution in [0.5, 0.6) is 5.75 Å². The number of ether oxygens (including phenoxy) is 1. The molecule has 10 heteroatoms. The molecule has 1 N–H and O–H groups in total. The van der Waals surface area contributed by atoms with E-state index in [9.17, 15) is 14.4 Å². The lowest BCUT2D eigenvalue weighted by Gasteiger charge is -2.39. The predicted molar refractivity (Wildman–Crippen MR) is 153 cm³/mol. The molecule has 0 radical (unpaired) electrons. The Morgan fingerprint density at radius 3 is 2.41 bits per heavy atom.